The Bertz CT molecular complexity index is 1370. The molecule has 1 fully saturated rings. The quantitative estimate of drug-likeness (QED) is 0.369. The summed E-state index contributed by atoms with van der Waals surface area (Å²) in [5.41, 5.74) is 5.08. The lowest BCUT2D eigenvalue weighted by Crippen LogP contribution is -2.41. The van der Waals surface area contributed by atoms with Crippen LogP contribution in [-0.2, 0) is 7.05 Å². The van der Waals surface area contributed by atoms with Gasteiger partial charge in [-0.15, -0.1) is 0 Å². The second kappa shape index (κ2) is 10.7. The molecule has 1 unspecified atom stereocenters. The van der Waals surface area contributed by atoms with Crippen LogP contribution < -0.4 is 10.2 Å². The van der Waals surface area contributed by atoms with Crippen molar-refractivity contribution < 1.29 is 9.90 Å². The van der Waals surface area contributed by atoms with Gasteiger partial charge in [0, 0.05) is 66.4 Å². The lowest BCUT2D eigenvalue weighted by molar-refractivity contribution is 0.102. The maximum Gasteiger partial charge on any atom is 0.256 e. The van der Waals surface area contributed by atoms with Gasteiger partial charge in [-0.3, -0.25) is 9.69 Å². The fourth-order valence-electron chi connectivity index (χ4n) is 5.21. The minimum atomic E-state index is -0.170. The SMILES string of the molecule is CC(CO)N1CCC(c2ccc(C(=O)Nc3cc(N(C)c4ccc5c(ccn5C)c4)ccn3)cc2)CC1. The van der Waals surface area contributed by atoms with E-state index < -0.39 is 0 Å². The number of aliphatic hydroxyl groups excluding tert-OH is 1. The zero-order valence-electron chi connectivity index (χ0n) is 21.8. The predicted molar refractivity (Wildman–Crippen MR) is 150 cm³/mol. The number of pyridine rings is 1. The summed E-state index contributed by atoms with van der Waals surface area (Å²) in [6, 6.07) is 20.5. The standard InChI is InChI=1S/C30H35N5O2/c1-21(20-36)35-16-12-23(13-17-35)22-4-6-24(7-5-22)30(37)32-29-19-27(10-14-31-29)34(3)26-8-9-28-25(18-26)11-15-33(28)2/h4-11,14-15,18-19,21,23,36H,12-13,16-17,20H2,1-3H3,(H,31,32,37). The van der Waals surface area contributed by atoms with Gasteiger partial charge in [0.25, 0.3) is 5.91 Å². The number of nitrogens with one attached hydrogen (secondary N) is 1. The summed E-state index contributed by atoms with van der Waals surface area (Å²) < 4.78 is 2.11. The molecule has 2 aromatic heterocycles. The van der Waals surface area contributed by atoms with Crippen molar-refractivity contribution in [2.24, 2.45) is 7.05 Å². The van der Waals surface area contributed by atoms with E-state index in [2.05, 4.69) is 74.2 Å². The number of amides is 1. The van der Waals surface area contributed by atoms with Crippen molar-refractivity contribution in [2.75, 3.05) is 37.0 Å². The van der Waals surface area contributed by atoms with Gasteiger partial charge >= 0.3 is 0 Å². The summed E-state index contributed by atoms with van der Waals surface area (Å²) in [5.74, 6) is 0.837. The molecule has 1 aliphatic rings. The molecule has 0 saturated carbocycles. The highest BCUT2D eigenvalue weighted by molar-refractivity contribution is 6.04. The second-order valence-corrected chi connectivity index (χ2v) is 10.0. The van der Waals surface area contributed by atoms with E-state index in [1.807, 2.05) is 38.4 Å². The molecule has 2 aromatic carbocycles. The van der Waals surface area contributed by atoms with Crippen LogP contribution in [0.15, 0.2) is 73.1 Å². The first-order valence-electron chi connectivity index (χ1n) is 12.9. The predicted octanol–water partition coefficient (Wildman–Crippen LogP) is 5.15. The van der Waals surface area contributed by atoms with E-state index in [1.165, 1.54) is 16.5 Å². The lowest BCUT2D eigenvalue weighted by atomic mass is 9.88. The number of carbonyl (C=O) groups is 1. The molecule has 0 spiro atoms. The van der Waals surface area contributed by atoms with E-state index in [0.717, 1.165) is 37.3 Å². The van der Waals surface area contributed by atoms with Gasteiger partial charge in [-0.1, -0.05) is 12.1 Å². The summed E-state index contributed by atoms with van der Waals surface area (Å²) in [5, 5.41) is 13.5. The number of hydrogen-bond donors (Lipinski definition) is 2. The number of likely N-dealkylation sites (tertiary alicyclic amines) is 1. The van der Waals surface area contributed by atoms with Crippen molar-refractivity contribution in [1.82, 2.24) is 14.5 Å². The molecular formula is C30H35N5O2. The number of anilines is 3. The van der Waals surface area contributed by atoms with E-state index >= 15 is 0 Å². The fraction of sp³-hybridized carbons (Fsp3) is 0.333. The van der Waals surface area contributed by atoms with Crippen LogP contribution in [0, 0.1) is 0 Å². The van der Waals surface area contributed by atoms with E-state index in [0.29, 0.717) is 17.3 Å². The number of carbonyl (C=O) groups excluding carboxylic acids is 1. The number of fused-ring (bicyclic) bond motifs is 1. The molecule has 4 aromatic rings. The topological polar surface area (TPSA) is 73.6 Å². The molecule has 1 atom stereocenters. The molecular weight excluding hydrogens is 462 g/mol. The van der Waals surface area contributed by atoms with Gasteiger partial charge in [0.05, 0.1) is 6.61 Å². The maximum atomic E-state index is 13.0. The molecule has 0 radical (unpaired) electrons. The number of rotatable bonds is 7. The maximum absolute atomic E-state index is 13.0. The third-order valence-electron chi connectivity index (χ3n) is 7.69. The van der Waals surface area contributed by atoms with Gasteiger partial charge in [-0.05, 0) is 86.8 Å². The Morgan fingerprint density at radius 2 is 1.81 bits per heavy atom. The molecule has 3 heterocycles. The van der Waals surface area contributed by atoms with Crippen LogP contribution in [0.2, 0.25) is 0 Å². The van der Waals surface area contributed by atoms with E-state index in [1.54, 1.807) is 6.20 Å². The zero-order chi connectivity index (χ0) is 25.9. The Kier molecular flexibility index (Phi) is 7.26. The third kappa shape index (κ3) is 5.38. The summed E-state index contributed by atoms with van der Waals surface area (Å²) in [6.45, 7) is 4.25. The van der Waals surface area contributed by atoms with Gasteiger partial charge < -0.3 is 19.9 Å². The highest BCUT2D eigenvalue weighted by atomic mass is 16.3. The fourth-order valence-corrected chi connectivity index (χ4v) is 5.21. The number of aromatic nitrogens is 2. The molecule has 7 nitrogen and oxygen atoms in total. The Balaban J connectivity index is 1.23. The van der Waals surface area contributed by atoms with Gasteiger partial charge in [0.2, 0.25) is 0 Å². The third-order valence-corrected chi connectivity index (χ3v) is 7.69. The molecule has 37 heavy (non-hydrogen) atoms. The molecule has 1 aliphatic heterocycles. The number of benzene rings is 2. The zero-order valence-corrected chi connectivity index (χ0v) is 21.8. The highest BCUT2D eigenvalue weighted by Gasteiger charge is 2.23. The molecule has 192 valence electrons. The van der Waals surface area contributed by atoms with Crippen LogP contribution >= 0.6 is 0 Å². The van der Waals surface area contributed by atoms with E-state index in [-0.39, 0.29) is 18.6 Å². The Hall–Kier alpha value is -3.68. The number of aliphatic hydroxyl groups is 1. The van der Waals surface area contributed by atoms with Crippen LogP contribution in [0.3, 0.4) is 0 Å². The van der Waals surface area contributed by atoms with Crippen molar-refractivity contribution in [3.05, 3.63) is 84.2 Å². The molecule has 0 bridgehead atoms. The van der Waals surface area contributed by atoms with Gasteiger partial charge in [0.1, 0.15) is 5.82 Å². The first-order chi connectivity index (χ1) is 17.9. The Morgan fingerprint density at radius 3 is 2.54 bits per heavy atom. The number of hydrogen-bond acceptors (Lipinski definition) is 5. The van der Waals surface area contributed by atoms with Crippen molar-refractivity contribution in [3.63, 3.8) is 0 Å². The lowest BCUT2D eigenvalue weighted by Gasteiger charge is -2.35. The van der Waals surface area contributed by atoms with Crippen LogP contribution in [0.4, 0.5) is 17.2 Å². The second-order valence-electron chi connectivity index (χ2n) is 10.0. The van der Waals surface area contributed by atoms with E-state index in [4.69, 9.17) is 0 Å². The van der Waals surface area contributed by atoms with Crippen molar-refractivity contribution >= 4 is 34.0 Å². The molecule has 2 N–H and O–H groups in total. The summed E-state index contributed by atoms with van der Waals surface area (Å²) in [4.78, 5) is 21.8. The first kappa shape index (κ1) is 25.0. The van der Waals surface area contributed by atoms with Crippen molar-refractivity contribution in [2.45, 2.75) is 31.7 Å². The van der Waals surface area contributed by atoms with Crippen molar-refractivity contribution in [3.8, 4) is 0 Å². The van der Waals surface area contributed by atoms with Crippen LogP contribution in [-0.4, -0.2) is 58.3 Å². The summed E-state index contributed by atoms with van der Waals surface area (Å²) in [7, 11) is 4.06. The minimum Gasteiger partial charge on any atom is -0.395 e. The first-order valence-corrected chi connectivity index (χ1v) is 12.9. The number of piperidine rings is 1. The van der Waals surface area contributed by atoms with Gasteiger partial charge in [-0.2, -0.15) is 0 Å². The smallest absolute Gasteiger partial charge is 0.256 e. The Morgan fingerprint density at radius 1 is 1.08 bits per heavy atom. The summed E-state index contributed by atoms with van der Waals surface area (Å²) in [6.07, 6.45) is 5.91. The molecule has 0 aliphatic carbocycles. The molecule has 7 heteroatoms. The highest BCUT2D eigenvalue weighted by Crippen LogP contribution is 2.30. The van der Waals surface area contributed by atoms with Crippen LogP contribution in [0.1, 0.15) is 41.6 Å². The molecule has 1 amide bonds. The normalized spacial score (nSPS) is 15.6. The molecule has 5 rings (SSSR count). The number of aryl methyl sites for hydroxylation is 1. The van der Waals surface area contributed by atoms with E-state index in [9.17, 15) is 9.90 Å². The average molecular weight is 498 g/mol. The average Bonchev–Trinajstić information content (AvgIpc) is 3.32. The van der Waals surface area contributed by atoms with Gasteiger partial charge in [-0.25, -0.2) is 4.98 Å². The summed E-state index contributed by atoms with van der Waals surface area (Å²) >= 11 is 0. The number of nitrogens with zero attached hydrogens (tertiary/aromatic N) is 4. The Labute approximate surface area is 218 Å². The van der Waals surface area contributed by atoms with Crippen LogP contribution in [0.25, 0.3) is 10.9 Å². The van der Waals surface area contributed by atoms with Crippen LogP contribution in [0.5, 0.6) is 0 Å². The monoisotopic (exact) mass is 497 g/mol. The molecule has 1 saturated heterocycles. The minimum absolute atomic E-state index is 0.170. The largest absolute Gasteiger partial charge is 0.395 e. The van der Waals surface area contributed by atoms with Crippen molar-refractivity contribution in [1.29, 1.82) is 0 Å². The van der Waals surface area contributed by atoms with Gasteiger partial charge in [0.15, 0.2) is 0 Å².